The van der Waals surface area contributed by atoms with E-state index >= 15 is 0 Å². The molecule has 3 aromatic rings. The highest BCUT2D eigenvalue weighted by Gasteiger charge is 2.25. The fraction of sp³-hybridized carbons (Fsp3) is 0.577. The lowest BCUT2D eigenvalue weighted by Crippen LogP contribution is -2.40. The average molecular weight is 623 g/mol. The molecule has 0 aliphatic carbocycles. The molecule has 1 N–H and O–H groups in total. The van der Waals surface area contributed by atoms with Crippen LogP contribution in [0.5, 0.6) is 0 Å². The molecule has 2 saturated heterocycles. The minimum atomic E-state index is -0.360. The Balaban J connectivity index is 1.51. The van der Waals surface area contributed by atoms with Gasteiger partial charge in [-0.2, -0.15) is 4.98 Å². The molecular formula is C26H35IN6O4. The van der Waals surface area contributed by atoms with Gasteiger partial charge in [0.15, 0.2) is 17.5 Å². The van der Waals surface area contributed by atoms with Crippen LogP contribution in [-0.2, 0) is 29.6 Å². The number of halogens is 1. The summed E-state index contributed by atoms with van der Waals surface area (Å²) < 4.78 is 17.4. The van der Waals surface area contributed by atoms with E-state index in [1.54, 1.807) is 7.05 Å². The number of nitrogens with zero attached hydrogens (tertiary/aromatic N) is 5. The SMILES string of the molecule is Cn1c(=O)n(CCCOC2CCCCO2)c(=O)c2c1nc(N1CCCCCN1)n2Cc1ccccc1I. The minimum absolute atomic E-state index is 0.186. The quantitative estimate of drug-likeness (QED) is 0.305. The van der Waals surface area contributed by atoms with Crippen molar-refractivity contribution in [1.82, 2.24) is 24.1 Å². The van der Waals surface area contributed by atoms with Crippen molar-refractivity contribution in [1.29, 1.82) is 0 Å². The highest BCUT2D eigenvalue weighted by atomic mass is 127. The van der Waals surface area contributed by atoms with Gasteiger partial charge in [0.05, 0.1) is 13.2 Å². The van der Waals surface area contributed by atoms with Crippen molar-refractivity contribution >= 4 is 39.7 Å². The molecule has 0 radical (unpaired) electrons. The Morgan fingerprint density at radius 3 is 2.81 bits per heavy atom. The molecular weight excluding hydrogens is 587 g/mol. The normalized spacial score (nSPS) is 18.9. The third-order valence-corrected chi connectivity index (χ3v) is 8.12. The van der Waals surface area contributed by atoms with Gasteiger partial charge in [0.2, 0.25) is 5.95 Å². The van der Waals surface area contributed by atoms with E-state index < -0.39 is 0 Å². The molecule has 0 spiro atoms. The molecule has 5 rings (SSSR count). The van der Waals surface area contributed by atoms with Gasteiger partial charge in [0.1, 0.15) is 0 Å². The van der Waals surface area contributed by atoms with Gasteiger partial charge in [0, 0.05) is 36.9 Å². The molecule has 4 heterocycles. The Morgan fingerprint density at radius 1 is 1.14 bits per heavy atom. The summed E-state index contributed by atoms with van der Waals surface area (Å²) in [5.41, 5.74) is 4.74. The smallest absolute Gasteiger partial charge is 0.332 e. The van der Waals surface area contributed by atoms with Crippen molar-refractivity contribution in [3.05, 3.63) is 54.2 Å². The highest BCUT2D eigenvalue weighted by Crippen LogP contribution is 2.23. The molecule has 2 aliphatic rings. The highest BCUT2D eigenvalue weighted by molar-refractivity contribution is 14.1. The van der Waals surface area contributed by atoms with Crippen LogP contribution in [0.2, 0.25) is 0 Å². The van der Waals surface area contributed by atoms with Gasteiger partial charge in [-0.3, -0.25) is 23.5 Å². The number of hydrogen-bond donors (Lipinski definition) is 1. The van der Waals surface area contributed by atoms with Gasteiger partial charge in [0.25, 0.3) is 5.56 Å². The zero-order chi connectivity index (χ0) is 25.8. The third-order valence-electron chi connectivity index (χ3n) is 7.07. The zero-order valence-electron chi connectivity index (χ0n) is 21.3. The van der Waals surface area contributed by atoms with Crippen molar-refractivity contribution in [3.63, 3.8) is 0 Å². The minimum Gasteiger partial charge on any atom is -0.353 e. The lowest BCUT2D eigenvalue weighted by Gasteiger charge is -2.23. The Bertz CT molecular complexity index is 1340. The van der Waals surface area contributed by atoms with E-state index in [4.69, 9.17) is 14.5 Å². The number of aryl methyl sites for hydroxylation is 1. The number of nitrogens with one attached hydrogen (secondary N) is 1. The zero-order valence-corrected chi connectivity index (χ0v) is 23.5. The monoisotopic (exact) mass is 622 g/mol. The molecule has 11 heteroatoms. The van der Waals surface area contributed by atoms with E-state index in [2.05, 4.69) is 40.1 Å². The number of imidazole rings is 1. The number of rotatable bonds is 8. The standard InChI is InChI=1S/C26H35IN6O4/c1-30-23-22(24(34)31(26(30)35)14-9-17-37-21-12-5-8-16-36-21)32(18-19-10-3-4-11-20(19)27)25(29-23)33-15-7-2-6-13-28-33/h3-4,10-11,21,28H,2,5-9,12-18H2,1H3. The van der Waals surface area contributed by atoms with Gasteiger partial charge in [-0.15, -0.1) is 0 Å². The van der Waals surface area contributed by atoms with Crippen LogP contribution in [0.1, 0.15) is 50.5 Å². The Kier molecular flexibility index (Phi) is 8.63. The first kappa shape index (κ1) is 26.4. The predicted octanol–water partition coefficient (Wildman–Crippen LogP) is 2.98. The largest absolute Gasteiger partial charge is 0.353 e. The van der Waals surface area contributed by atoms with E-state index in [0.717, 1.165) is 67.4 Å². The van der Waals surface area contributed by atoms with Gasteiger partial charge >= 0.3 is 5.69 Å². The number of benzene rings is 1. The van der Waals surface area contributed by atoms with E-state index in [0.29, 0.717) is 36.7 Å². The second kappa shape index (κ2) is 12.1. The first-order chi connectivity index (χ1) is 18.0. The second-order valence-electron chi connectivity index (χ2n) is 9.70. The number of fused-ring (bicyclic) bond motifs is 1. The van der Waals surface area contributed by atoms with Gasteiger partial charge in [-0.05, 0) is 72.7 Å². The van der Waals surface area contributed by atoms with E-state index in [1.807, 2.05) is 21.7 Å². The van der Waals surface area contributed by atoms with Crippen molar-refractivity contribution in [3.8, 4) is 0 Å². The van der Waals surface area contributed by atoms with Gasteiger partial charge in [-0.25, -0.2) is 10.2 Å². The van der Waals surface area contributed by atoms with Crippen LogP contribution in [0.3, 0.4) is 0 Å². The molecule has 0 saturated carbocycles. The number of hydrogen-bond acceptors (Lipinski definition) is 7. The van der Waals surface area contributed by atoms with Gasteiger partial charge < -0.3 is 9.47 Å². The lowest BCUT2D eigenvalue weighted by molar-refractivity contribution is -0.163. The van der Waals surface area contributed by atoms with Crippen LogP contribution >= 0.6 is 22.6 Å². The molecule has 1 unspecified atom stereocenters. The summed E-state index contributed by atoms with van der Waals surface area (Å²) in [6.45, 7) is 3.55. The Morgan fingerprint density at radius 2 is 2.00 bits per heavy atom. The maximum absolute atomic E-state index is 13.8. The van der Waals surface area contributed by atoms with Crippen molar-refractivity contribution < 1.29 is 9.47 Å². The van der Waals surface area contributed by atoms with Crippen molar-refractivity contribution in [2.75, 3.05) is 31.3 Å². The lowest BCUT2D eigenvalue weighted by atomic mass is 10.2. The van der Waals surface area contributed by atoms with E-state index in [1.165, 1.54) is 9.13 Å². The van der Waals surface area contributed by atoms with Crippen LogP contribution < -0.4 is 21.7 Å². The van der Waals surface area contributed by atoms with Crippen molar-refractivity contribution in [2.24, 2.45) is 7.05 Å². The summed E-state index contributed by atoms with van der Waals surface area (Å²) >= 11 is 2.32. The maximum Gasteiger partial charge on any atom is 0.332 e. The topological polar surface area (TPSA) is 95.5 Å². The Labute approximate surface area is 229 Å². The van der Waals surface area contributed by atoms with Gasteiger partial charge in [-0.1, -0.05) is 24.6 Å². The molecule has 200 valence electrons. The average Bonchev–Trinajstić information content (AvgIpc) is 3.08. The molecule has 10 nitrogen and oxygen atoms in total. The molecule has 0 bridgehead atoms. The van der Waals surface area contributed by atoms with Crippen LogP contribution in [-0.4, -0.2) is 51.3 Å². The number of hydrazine groups is 1. The number of anilines is 1. The van der Waals surface area contributed by atoms with Crippen LogP contribution in [0.4, 0.5) is 5.95 Å². The summed E-state index contributed by atoms with van der Waals surface area (Å²) in [6.07, 6.45) is 6.67. The van der Waals surface area contributed by atoms with E-state index in [-0.39, 0.29) is 24.1 Å². The molecule has 2 aromatic heterocycles. The fourth-order valence-electron chi connectivity index (χ4n) is 5.03. The molecule has 1 aromatic carbocycles. The first-order valence-electron chi connectivity index (χ1n) is 13.2. The van der Waals surface area contributed by atoms with Crippen molar-refractivity contribution in [2.45, 2.75) is 64.3 Å². The number of ether oxygens (including phenoxy) is 2. The summed E-state index contributed by atoms with van der Waals surface area (Å²) in [4.78, 5) is 31.9. The van der Waals surface area contributed by atoms with E-state index in [9.17, 15) is 9.59 Å². The molecule has 0 amide bonds. The predicted molar refractivity (Wildman–Crippen MR) is 151 cm³/mol. The summed E-state index contributed by atoms with van der Waals surface area (Å²) in [5, 5.41) is 2.04. The van der Waals surface area contributed by atoms with Crippen LogP contribution in [0.15, 0.2) is 33.9 Å². The van der Waals surface area contributed by atoms with Crippen LogP contribution in [0, 0.1) is 3.57 Å². The fourth-order valence-corrected chi connectivity index (χ4v) is 5.58. The molecule has 2 aliphatic heterocycles. The third kappa shape index (κ3) is 5.79. The molecule has 1 atom stereocenters. The summed E-state index contributed by atoms with van der Waals surface area (Å²) in [7, 11) is 1.69. The molecule has 37 heavy (non-hydrogen) atoms. The maximum atomic E-state index is 13.8. The second-order valence-corrected chi connectivity index (χ2v) is 10.9. The Hall–Kier alpha value is -2.22. The first-order valence-corrected chi connectivity index (χ1v) is 14.3. The summed E-state index contributed by atoms with van der Waals surface area (Å²) in [6, 6.07) is 8.14. The number of aromatic nitrogens is 4. The van der Waals surface area contributed by atoms with Crippen LogP contribution in [0.25, 0.3) is 11.2 Å². The molecule has 2 fully saturated rings. The summed E-state index contributed by atoms with van der Waals surface area (Å²) in [5.74, 6) is 0.666.